The van der Waals surface area contributed by atoms with Crippen molar-refractivity contribution in [2.45, 2.75) is 42.2 Å². The predicted molar refractivity (Wildman–Crippen MR) is 117 cm³/mol. The van der Waals surface area contributed by atoms with Crippen molar-refractivity contribution in [3.8, 4) is 0 Å². The van der Waals surface area contributed by atoms with E-state index in [0.29, 0.717) is 5.92 Å². The fourth-order valence-electron chi connectivity index (χ4n) is 3.24. The molecule has 0 amide bonds. The Kier molecular flexibility index (Phi) is 6.89. The Morgan fingerprint density at radius 3 is 2.19 bits per heavy atom. The van der Waals surface area contributed by atoms with Gasteiger partial charge in [-0.2, -0.15) is 0 Å². The largest absolute Gasteiger partial charge is 0.237 e. The lowest BCUT2D eigenvalue weighted by atomic mass is 9.96. The van der Waals surface area contributed by atoms with Crippen LogP contribution >= 0.6 is 23.5 Å². The van der Waals surface area contributed by atoms with Gasteiger partial charge in [0.05, 0.1) is 10.9 Å². The summed E-state index contributed by atoms with van der Waals surface area (Å²) in [7, 11) is -1.22. The molecule has 2 atom stereocenters. The van der Waals surface area contributed by atoms with Crippen LogP contribution in [0, 0.1) is 12.8 Å². The first-order chi connectivity index (χ1) is 12.5. The number of aryl methyl sites for hydroxylation is 1. The van der Waals surface area contributed by atoms with Crippen molar-refractivity contribution in [1.29, 1.82) is 0 Å². The molecule has 1 aliphatic heterocycles. The zero-order chi connectivity index (χ0) is 18.6. The van der Waals surface area contributed by atoms with Crippen molar-refractivity contribution in [1.82, 2.24) is 4.72 Å². The molecule has 0 aliphatic carbocycles. The Morgan fingerprint density at radius 1 is 1.00 bits per heavy atom. The summed E-state index contributed by atoms with van der Waals surface area (Å²) >= 11 is 4.01. The van der Waals surface area contributed by atoms with Crippen molar-refractivity contribution in [2.24, 2.45) is 5.92 Å². The van der Waals surface area contributed by atoms with Crippen LogP contribution in [0.15, 0.2) is 59.5 Å². The van der Waals surface area contributed by atoms with Gasteiger partial charge in [-0.3, -0.25) is 0 Å². The first kappa shape index (κ1) is 20.0. The lowest BCUT2D eigenvalue weighted by molar-refractivity contribution is 0.430. The number of thioether (sulfide) groups is 2. The van der Waals surface area contributed by atoms with E-state index in [1.807, 2.05) is 47.8 Å². The first-order valence-electron chi connectivity index (χ1n) is 9.11. The Labute approximate surface area is 168 Å². The van der Waals surface area contributed by atoms with Gasteiger partial charge in [0.2, 0.25) is 0 Å². The lowest BCUT2D eigenvalue weighted by Gasteiger charge is -2.44. The molecule has 2 nitrogen and oxygen atoms in total. The van der Waals surface area contributed by atoms with Gasteiger partial charge in [0.25, 0.3) is 0 Å². The summed E-state index contributed by atoms with van der Waals surface area (Å²) in [4.78, 5) is 0.843. The van der Waals surface area contributed by atoms with Gasteiger partial charge in [-0.15, -0.1) is 23.5 Å². The Hall–Kier alpha value is -0.750. The zero-order valence-electron chi connectivity index (χ0n) is 15.6. The van der Waals surface area contributed by atoms with Gasteiger partial charge < -0.3 is 0 Å². The van der Waals surface area contributed by atoms with Crippen molar-refractivity contribution in [2.75, 3.05) is 11.5 Å². The SMILES string of the molecule is Cc1ccc([S@](=O)N[C@H](C(C)C)C2(c3ccccc3)SCCCS2)cc1. The van der Waals surface area contributed by atoms with E-state index in [1.54, 1.807) is 0 Å². The quantitative estimate of drug-likeness (QED) is 0.702. The van der Waals surface area contributed by atoms with Gasteiger partial charge in [-0.05, 0) is 48.5 Å². The van der Waals surface area contributed by atoms with E-state index < -0.39 is 11.0 Å². The number of nitrogens with one attached hydrogen (secondary N) is 1. The predicted octanol–water partition coefficient (Wildman–Crippen LogP) is 5.35. The molecule has 5 heteroatoms. The third kappa shape index (κ3) is 4.38. The second-order valence-corrected chi connectivity index (χ2v) is 11.2. The van der Waals surface area contributed by atoms with Gasteiger partial charge in [0.1, 0.15) is 15.1 Å². The minimum atomic E-state index is -1.22. The van der Waals surface area contributed by atoms with Crippen LogP contribution in [0.5, 0.6) is 0 Å². The Bertz CT molecular complexity index is 725. The maximum atomic E-state index is 13.1. The van der Waals surface area contributed by atoms with Crippen LogP contribution < -0.4 is 4.72 Å². The molecule has 0 unspecified atom stereocenters. The fraction of sp³-hybridized carbons (Fsp3) is 0.429. The normalized spacial score (nSPS) is 19.2. The third-order valence-electron chi connectivity index (χ3n) is 4.64. The molecule has 3 rings (SSSR count). The highest BCUT2D eigenvalue weighted by Gasteiger charge is 2.45. The average molecular weight is 406 g/mol. The molecule has 26 heavy (non-hydrogen) atoms. The summed E-state index contributed by atoms with van der Waals surface area (Å²) in [5, 5.41) is 0. The van der Waals surface area contributed by atoms with E-state index in [2.05, 4.69) is 55.8 Å². The van der Waals surface area contributed by atoms with E-state index in [-0.39, 0.29) is 10.1 Å². The minimum Gasteiger partial charge on any atom is -0.237 e. The van der Waals surface area contributed by atoms with Gasteiger partial charge in [-0.1, -0.05) is 61.9 Å². The molecule has 0 spiro atoms. The van der Waals surface area contributed by atoms with E-state index >= 15 is 0 Å². The van der Waals surface area contributed by atoms with Crippen molar-refractivity contribution < 1.29 is 4.21 Å². The second-order valence-electron chi connectivity index (χ2n) is 7.01. The van der Waals surface area contributed by atoms with Crippen LogP contribution in [-0.2, 0) is 15.1 Å². The standard InChI is InChI=1S/C21H27NOS3/c1-16(2)20(22-26(23)19-12-10-17(3)11-13-19)21(24-14-7-15-25-21)18-8-5-4-6-9-18/h4-6,8-13,16,20,22H,7,14-15H2,1-3H3/t20-,26+/m1/s1. The van der Waals surface area contributed by atoms with Crippen LogP contribution in [0.1, 0.15) is 31.4 Å². The zero-order valence-corrected chi connectivity index (χ0v) is 18.1. The van der Waals surface area contributed by atoms with Gasteiger partial charge >= 0.3 is 0 Å². The molecule has 2 aromatic carbocycles. The number of hydrogen-bond acceptors (Lipinski definition) is 3. The van der Waals surface area contributed by atoms with Crippen LogP contribution in [0.3, 0.4) is 0 Å². The first-order valence-corrected chi connectivity index (χ1v) is 12.2. The summed E-state index contributed by atoms with van der Waals surface area (Å²) in [6.07, 6.45) is 1.23. The van der Waals surface area contributed by atoms with Gasteiger partial charge in [-0.25, -0.2) is 8.93 Å². The molecule has 1 aliphatic rings. The molecular formula is C21H27NOS3. The Balaban J connectivity index is 1.93. The number of benzene rings is 2. The van der Waals surface area contributed by atoms with Crippen molar-refractivity contribution in [3.63, 3.8) is 0 Å². The summed E-state index contributed by atoms with van der Waals surface area (Å²) in [6.45, 7) is 6.51. The van der Waals surface area contributed by atoms with Crippen LogP contribution in [0.25, 0.3) is 0 Å². The van der Waals surface area contributed by atoms with E-state index in [1.165, 1.54) is 17.5 Å². The smallest absolute Gasteiger partial charge is 0.125 e. The summed E-state index contributed by atoms with van der Waals surface area (Å²) < 4.78 is 16.5. The molecule has 140 valence electrons. The van der Waals surface area contributed by atoms with E-state index in [0.717, 1.165) is 16.4 Å². The molecule has 0 aromatic heterocycles. The number of hydrogen-bond donors (Lipinski definition) is 1. The van der Waals surface area contributed by atoms with Gasteiger partial charge in [0, 0.05) is 0 Å². The molecule has 1 N–H and O–H groups in total. The third-order valence-corrected chi connectivity index (χ3v) is 9.34. The van der Waals surface area contributed by atoms with Gasteiger partial charge in [0.15, 0.2) is 0 Å². The topological polar surface area (TPSA) is 29.1 Å². The van der Waals surface area contributed by atoms with Crippen molar-refractivity contribution >= 4 is 34.5 Å². The lowest BCUT2D eigenvalue weighted by Crippen LogP contribution is -2.49. The molecule has 1 fully saturated rings. The highest BCUT2D eigenvalue weighted by atomic mass is 32.2. The van der Waals surface area contributed by atoms with Crippen LogP contribution in [0.2, 0.25) is 0 Å². The van der Waals surface area contributed by atoms with E-state index in [4.69, 9.17) is 0 Å². The van der Waals surface area contributed by atoms with Crippen LogP contribution in [-0.4, -0.2) is 21.8 Å². The molecule has 1 heterocycles. The molecular weight excluding hydrogens is 378 g/mol. The highest BCUT2D eigenvalue weighted by molar-refractivity contribution is 8.18. The summed E-state index contributed by atoms with van der Waals surface area (Å²) in [6, 6.07) is 18.8. The maximum absolute atomic E-state index is 13.1. The minimum absolute atomic E-state index is 0.103. The number of rotatable bonds is 6. The summed E-state index contributed by atoms with van der Waals surface area (Å²) in [5.41, 5.74) is 2.51. The van der Waals surface area contributed by atoms with E-state index in [9.17, 15) is 4.21 Å². The Morgan fingerprint density at radius 2 is 1.62 bits per heavy atom. The fourth-order valence-corrected chi connectivity index (χ4v) is 8.42. The van der Waals surface area contributed by atoms with Crippen LogP contribution in [0.4, 0.5) is 0 Å². The maximum Gasteiger partial charge on any atom is 0.125 e. The molecule has 0 saturated carbocycles. The molecule has 1 saturated heterocycles. The highest BCUT2D eigenvalue weighted by Crippen LogP contribution is 2.54. The van der Waals surface area contributed by atoms with Crippen molar-refractivity contribution in [3.05, 3.63) is 65.7 Å². The summed E-state index contributed by atoms with van der Waals surface area (Å²) in [5.74, 6) is 2.65. The second kappa shape index (κ2) is 8.96. The monoisotopic (exact) mass is 405 g/mol. The molecule has 2 aromatic rings. The molecule has 0 bridgehead atoms. The average Bonchev–Trinajstić information content (AvgIpc) is 2.67. The molecule has 0 radical (unpaired) electrons.